The molecule has 7 aromatic rings. The summed E-state index contributed by atoms with van der Waals surface area (Å²) in [6.45, 7) is 5.88. The van der Waals surface area contributed by atoms with Crippen molar-refractivity contribution >= 4 is 0 Å². The Labute approximate surface area is 405 Å². The van der Waals surface area contributed by atoms with Crippen molar-refractivity contribution in [1.29, 1.82) is 0 Å². The number of hydrogen-bond donors (Lipinski definition) is 0. The molecule has 338 valence electrons. The van der Waals surface area contributed by atoms with E-state index in [1.54, 1.807) is 0 Å². The van der Waals surface area contributed by atoms with Gasteiger partial charge in [0.05, 0.1) is 13.2 Å². The summed E-state index contributed by atoms with van der Waals surface area (Å²) in [7, 11) is 0. The van der Waals surface area contributed by atoms with E-state index in [1.807, 2.05) is 0 Å². The van der Waals surface area contributed by atoms with Gasteiger partial charge in [0.15, 0.2) is 0 Å². The van der Waals surface area contributed by atoms with Gasteiger partial charge >= 0.3 is 0 Å². The molecule has 0 aliphatic heterocycles. The Kier molecular flexibility index (Phi) is 12.3. The van der Waals surface area contributed by atoms with Crippen LogP contribution in [0.5, 0.6) is 11.5 Å². The first-order valence-corrected chi connectivity index (χ1v) is 25.7. The summed E-state index contributed by atoms with van der Waals surface area (Å²) in [6.07, 6.45) is 27.6. The van der Waals surface area contributed by atoms with Crippen LogP contribution in [0.3, 0.4) is 0 Å². The second kappa shape index (κ2) is 19.1. The molecular weight excluding hydrogens is 825 g/mol. The lowest BCUT2D eigenvalue weighted by Gasteiger charge is -2.44. The number of terminal acetylenes is 2. The van der Waals surface area contributed by atoms with Crippen LogP contribution in [0.25, 0.3) is 22.3 Å². The van der Waals surface area contributed by atoms with E-state index in [9.17, 15) is 0 Å². The van der Waals surface area contributed by atoms with Gasteiger partial charge in [0, 0.05) is 57.1 Å². The maximum absolute atomic E-state index is 7.17. The summed E-state index contributed by atoms with van der Waals surface area (Å²) >= 11 is 0. The highest BCUT2D eigenvalue weighted by molar-refractivity contribution is 5.86. The van der Waals surface area contributed by atoms with Crippen molar-refractivity contribution in [3.05, 3.63) is 211 Å². The first-order valence-electron chi connectivity index (χ1n) is 25.7. The average Bonchev–Trinajstić information content (AvgIpc) is 3.39. The van der Waals surface area contributed by atoms with Gasteiger partial charge in [-0.05, 0) is 91.7 Å². The topological polar surface area (TPSA) is 18.5 Å². The van der Waals surface area contributed by atoms with E-state index in [0.29, 0.717) is 13.2 Å². The van der Waals surface area contributed by atoms with Gasteiger partial charge < -0.3 is 9.47 Å². The summed E-state index contributed by atoms with van der Waals surface area (Å²) in [5.74, 6) is 8.51. The molecule has 4 bridgehead atoms. The minimum absolute atomic E-state index is 0.0305. The highest BCUT2D eigenvalue weighted by Crippen LogP contribution is 2.62. The van der Waals surface area contributed by atoms with Crippen LogP contribution in [0.15, 0.2) is 133 Å². The molecule has 0 radical (unpaired) electrons. The Morgan fingerprint density at radius 1 is 0.368 bits per heavy atom. The van der Waals surface area contributed by atoms with Crippen LogP contribution >= 0.6 is 0 Å². The number of unbranched alkanes of at least 4 members (excludes halogenated alkanes) is 10. The summed E-state index contributed by atoms with van der Waals surface area (Å²) in [5.41, 5.74) is 21.9. The molecule has 68 heavy (non-hydrogen) atoms. The van der Waals surface area contributed by atoms with Gasteiger partial charge in [-0.15, -0.1) is 12.8 Å². The molecule has 0 N–H and O–H groups in total. The maximum atomic E-state index is 7.17. The van der Waals surface area contributed by atoms with Crippen molar-refractivity contribution in [3.63, 3.8) is 0 Å². The van der Waals surface area contributed by atoms with E-state index < -0.39 is 0 Å². The smallest absolute Gasteiger partial charge is 0.131 e. The Morgan fingerprint density at radius 2 is 0.647 bits per heavy atom. The van der Waals surface area contributed by atoms with Gasteiger partial charge in [0.1, 0.15) is 11.5 Å². The fourth-order valence-electron chi connectivity index (χ4n) is 12.6. The molecular formula is C66H62O2. The number of ether oxygens (including phenoxy) is 2. The van der Waals surface area contributed by atoms with E-state index in [2.05, 4.69) is 159 Å². The van der Waals surface area contributed by atoms with Crippen molar-refractivity contribution in [3.8, 4) is 58.4 Å². The third-order valence-corrected chi connectivity index (χ3v) is 15.6. The molecule has 2 heteroatoms. The highest BCUT2D eigenvalue weighted by atomic mass is 16.5. The van der Waals surface area contributed by atoms with E-state index >= 15 is 0 Å². The predicted molar refractivity (Wildman–Crippen MR) is 280 cm³/mol. The van der Waals surface area contributed by atoms with Gasteiger partial charge in [-0.3, -0.25) is 0 Å². The lowest BCUT2D eigenvalue weighted by Crippen LogP contribution is -2.29. The molecule has 0 atom stereocenters. The van der Waals surface area contributed by atoms with Crippen LogP contribution in [0.1, 0.15) is 192 Å². The van der Waals surface area contributed by atoms with Crippen molar-refractivity contribution in [2.24, 2.45) is 0 Å². The summed E-state index contributed by atoms with van der Waals surface area (Å²) in [6, 6.07) is 49.5. The zero-order chi connectivity index (χ0) is 46.1. The van der Waals surface area contributed by atoms with Gasteiger partial charge in [0.25, 0.3) is 0 Å². The molecule has 6 aliphatic rings. The van der Waals surface area contributed by atoms with Crippen LogP contribution in [-0.4, -0.2) is 13.2 Å². The fourth-order valence-corrected chi connectivity index (χ4v) is 12.6. The standard InChI is InChI=1S/C66H62O2/c1-5-9-11-13-15-25-39-67-65-55(41-43(7-3)57-59-47-27-17-21-31-51(47)61(63(57)65)52-32-22-18-28-48(52)59)45-35-37-46(38-36-45)56-42-44(8-4)58-60-49-29-19-23-33-53(49)62(54-34-24-20-30-50(54)60)64(58)66(56)68-40-26-16-14-12-10-6-2/h3-4,17-24,27-38,41-42,59-62H,5-6,9-16,25-26,39-40H2,1-2H3. The fraction of sp³-hybridized carbons (Fsp3) is 0.303. The first-order chi connectivity index (χ1) is 33.7. The van der Waals surface area contributed by atoms with Crippen LogP contribution in [-0.2, 0) is 0 Å². The largest absolute Gasteiger partial charge is 0.493 e. The molecule has 0 spiro atoms. The van der Waals surface area contributed by atoms with Crippen molar-refractivity contribution in [2.45, 2.75) is 115 Å². The van der Waals surface area contributed by atoms with Crippen molar-refractivity contribution in [2.75, 3.05) is 13.2 Å². The van der Waals surface area contributed by atoms with Gasteiger partial charge in [-0.1, -0.05) is 211 Å². The second-order valence-electron chi connectivity index (χ2n) is 19.6. The predicted octanol–water partition coefficient (Wildman–Crippen LogP) is 16.4. The summed E-state index contributed by atoms with van der Waals surface area (Å²) < 4.78 is 14.3. The van der Waals surface area contributed by atoms with E-state index in [0.717, 1.165) is 70.6 Å². The molecule has 0 heterocycles. The van der Waals surface area contributed by atoms with Crippen molar-refractivity contribution < 1.29 is 9.47 Å². The Hall–Kier alpha value is -6.74. The third-order valence-electron chi connectivity index (χ3n) is 15.6. The van der Waals surface area contributed by atoms with E-state index in [4.69, 9.17) is 22.3 Å². The molecule has 13 rings (SSSR count). The second-order valence-corrected chi connectivity index (χ2v) is 19.6. The zero-order valence-electron chi connectivity index (χ0n) is 39.9. The molecule has 6 aliphatic carbocycles. The zero-order valence-corrected chi connectivity index (χ0v) is 39.9. The summed E-state index contributed by atoms with van der Waals surface area (Å²) in [4.78, 5) is 0. The Bertz CT molecular complexity index is 2790. The number of rotatable bonds is 18. The van der Waals surface area contributed by atoms with Gasteiger partial charge in [0.2, 0.25) is 0 Å². The number of benzene rings is 7. The summed E-state index contributed by atoms with van der Waals surface area (Å²) in [5, 5.41) is 0. The minimum Gasteiger partial charge on any atom is -0.493 e. The monoisotopic (exact) mass is 886 g/mol. The maximum Gasteiger partial charge on any atom is 0.131 e. The lowest BCUT2D eigenvalue weighted by molar-refractivity contribution is 0.301. The molecule has 0 fully saturated rings. The van der Waals surface area contributed by atoms with E-state index in [1.165, 1.54) is 118 Å². The Morgan fingerprint density at radius 3 is 0.941 bits per heavy atom. The molecule has 0 amide bonds. The number of hydrogen-bond acceptors (Lipinski definition) is 2. The van der Waals surface area contributed by atoms with Crippen LogP contribution in [0.2, 0.25) is 0 Å². The molecule has 2 nitrogen and oxygen atoms in total. The lowest BCUT2D eigenvalue weighted by atomic mass is 9.59. The average molecular weight is 887 g/mol. The van der Waals surface area contributed by atoms with Gasteiger partial charge in [-0.25, -0.2) is 0 Å². The quantitative estimate of drug-likeness (QED) is 0.0631. The van der Waals surface area contributed by atoms with Crippen LogP contribution in [0, 0.1) is 24.7 Å². The normalized spacial score (nSPS) is 17.2. The van der Waals surface area contributed by atoms with Crippen LogP contribution < -0.4 is 9.47 Å². The SMILES string of the molecule is C#Cc1cc(-c2ccc(-c3cc(C#C)c4c(c3OCCCCCCCC)C3c5ccccc5C4c4ccccc43)cc2)c(OCCCCCCCC)c2c1C1c3ccccc3C2c2ccccc21. The Balaban J connectivity index is 1.03. The molecule has 0 saturated heterocycles. The molecule has 0 unspecified atom stereocenters. The molecule has 0 aromatic heterocycles. The molecule has 7 aromatic carbocycles. The van der Waals surface area contributed by atoms with Crippen LogP contribution in [0.4, 0.5) is 0 Å². The molecule has 0 saturated carbocycles. The van der Waals surface area contributed by atoms with Crippen molar-refractivity contribution in [1.82, 2.24) is 0 Å². The third kappa shape index (κ3) is 7.36. The minimum atomic E-state index is 0.0305. The first kappa shape index (κ1) is 43.8. The van der Waals surface area contributed by atoms with E-state index in [-0.39, 0.29) is 23.7 Å². The van der Waals surface area contributed by atoms with Gasteiger partial charge in [-0.2, -0.15) is 0 Å². The highest BCUT2D eigenvalue weighted by Gasteiger charge is 2.46.